The molecule has 2 amide bonds. The Hall–Kier alpha value is -4.25. The van der Waals surface area contributed by atoms with E-state index in [4.69, 9.17) is 23.8 Å². The highest BCUT2D eigenvalue weighted by Gasteiger charge is 2.60. The molecule has 0 aliphatic carbocycles. The monoisotopic (exact) mass is 687 g/mol. The first-order valence-corrected chi connectivity index (χ1v) is 15.3. The zero-order valence-corrected chi connectivity index (χ0v) is 27.1. The van der Waals surface area contributed by atoms with Crippen LogP contribution in [0.15, 0.2) is 46.1 Å². The molecule has 0 bridgehead atoms. The first-order valence-electron chi connectivity index (χ1n) is 14.2. The summed E-state index contributed by atoms with van der Waals surface area (Å²) in [4.78, 5) is 64.6. The van der Waals surface area contributed by atoms with Gasteiger partial charge in [0.2, 0.25) is 17.9 Å². The van der Waals surface area contributed by atoms with Crippen molar-refractivity contribution in [3.05, 3.63) is 47.0 Å². The topological polar surface area (TPSA) is 223 Å². The number of anilines is 1. The fourth-order valence-corrected chi connectivity index (χ4v) is 4.80. The second-order valence-electron chi connectivity index (χ2n) is 11.7. The number of ether oxygens (including phenoxy) is 3. The summed E-state index contributed by atoms with van der Waals surface area (Å²) in [5.41, 5.74) is -2.07. The average molecular weight is 688 g/mol. The molecule has 47 heavy (non-hydrogen) atoms. The Labute approximate surface area is 268 Å². The third kappa shape index (κ3) is 9.87. The number of aliphatic hydroxyl groups excluding tert-OH is 1. The first-order chi connectivity index (χ1) is 21.8. The number of carboxylic acid groups (broad SMARTS) is 1. The summed E-state index contributed by atoms with van der Waals surface area (Å²) >= 11 is 0. The van der Waals surface area contributed by atoms with E-state index < -0.39 is 86.4 Å². The average Bonchev–Trinajstić information content (AvgIpc) is 3.17. The maximum atomic E-state index is 15.2. The van der Waals surface area contributed by atoms with Crippen LogP contribution in [0, 0.1) is 5.92 Å². The van der Waals surface area contributed by atoms with Crippen molar-refractivity contribution in [1.82, 2.24) is 14.9 Å². The third-order valence-corrected chi connectivity index (χ3v) is 7.28. The Morgan fingerprint density at radius 1 is 1.19 bits per heavy atom. The molecule has 1 aliphatic rings. The van der Waals surface area contributed by atoms with Gasteiger partial charge in [0.05, 0.1) is 0 Å². The summed E-state index contributed by atoms with van der Waals surface area (Å²) in [6.45, 7) is 8.77. The first kappa shape index (κ1) is 37.2. The van der Waals surface area contributed by atoms with Crippen LogP contribution in [-0.2, 0) is 19.1 Å². The molecule has 2 heterocycles. The third-order valence-electron chi connectivity index (χ3n) is 6.39. The number of halogens is 2. The fraction of sp³-hybridized carbons (Fsp3) is 0.536. The minimum absolute atomic E-state index is 0.101. The number of carbonyl (C=O) groups excluding carboxylic acids is 2. The molecule has 1 aliphatic heterocycles. The van der Waals surface area contributed by atoms with E-state index in [9.17, 15) is 29.2 Å². The number of aromatic nitrogens is 2. The van der Waals surface area contributed by atoms with E-state index in [0.717, 1.165) is 12.3 Å². The summed E-state index contributed by atoms with van der Waals surface area (Å²) in [7, 11) is -2.84. The van der Waals surface area contributed by atoms with E-state index in [1.807, 2.05) is 0 Å². The number of carboxylic acids is 1. The number of hydrogen-bond donors (Lipinski definition) is 4. The van der Waals surface area contributed by atoms with Crippen molar-refractivity contribution in [3.63, 3.8) is 0 Å². The van der Waals surface area contributed by atoms with Crippen LogP contribution in [0.25, 0.3) is 0 Å². The van der Waals surface area contributed by atoms with E-state index >= 15 is 8.78 Å². The highest BCUT2D eigenvalue weighted by atomic mass is 31.1. The zero-order valence-electron chi connectivity index (χ0n) is 26.2. The molecule has 3 rings (SSSR count). The van der Waals surface area contributed by atoms with E-state index in [2.05, 4.69) is 20.4 Å². The van der Waals surface area contributed by atoms with Crippen molar-refractivity contribution in [2.45, 2.75) is 83.6 Å². The Balaban J connectivity index is 1.71. The number of nitrogens with zero attached hydrogens (tertiary/aromatic N) is 3. The molecule has 2 aromatic rings. The molecule has 0 spiro atoms. The van der Waals surface area contributed by atoms with Gasteiger partial charge in [-0.1, -0.05) is 30.7 Å². The molecule has 1 aromatic heterocycles. The summed E-state index contributed by atoms with van der Waals surface area (Å²) < 4.78 is 55.4. The number of rotatable bonds is 12. The van der Waals surface area contributed by atoms with Crippen LogP contribution < -0.4 is 30.5 Å². The van der Waals surface area contributed by atoms with Crippen molar-refractivity contribution < 1.29 is 57.0 Å². The molecule has 1 saturated heterocycles. The molecule has 1 unspecified atom stereocenters. The van der Waals surface area contributed by atoms with Crippen molar-refractivity contribution in [1.29, 1.82) is 0 Å². The number of aliphatic hydroxyl groups is 1. The minimum Gasteiger partial charge on any atom is -0.575 e. The van der Waals surface area contributed by atoms with Gasteiger partial charge in [0.15, 0.2) is 17.9 Å². The normalized spacial score (nSPS) is 20.7. The zero-order chi connectivity index (χ0) is 35.3. The lowest BCUT2D eigenvalue weighted by Gasteiger charge is -2.25. The van der Waals surface area contributed by atoms with Crippen LogP contribution in [0.3, 0.4) is 0 Å². The lowest BCUT2D eigenvalue weighted by molar-refractivity contribution is -0.169. The van der Waals surface area contributed by atoms with Gasteiger partial charge in [-0.25, -0.2) is 14.4 Å². The Morgan fingerprint density at radius 2 is 1.83 bits per heavy atom. The fourth-order valence-electron chi connectivity index (χ4n) is 4.06. The molecular weight excluding hydrogens is 651 g/mol. The maximum Gasteiger partial charge on any atom is 0.408 e. The molecular formula is C28H36F2N5O11P. The van der Waals surface area contributed by atoms with Crippen LogP contribution in [0.2, 0.25) is 0 Å². The number of alkyl halides is 2. The van der Waals surface area contributed by atoms with Gasteiger partial charge in [0.1, 0.15) is 30.2 Å². The number of benzene rings is 1. The van der Waals surface area contributed by atoms with Gasteiger partial charge in [-0.15, -0.1) is 0 Å². The van der Waals surface area contributed by atoms with Gasteiger partial charge in [-0.05, 0) is 51.8 Å². The SMILES string of the molecule is CC(C)[C@@H](NC(=O)OC(C)(C)C)C(=O)Nc1ccn([C@@H]2O[C@H](COc3ccccc3O[P+]([O-])=N[C@@H](C)C(=O)O)[C@@H](O)C2(F)F)c(=O)n1. The summed E-state index contributed by atoms with van der Waals surface area (Å²) in [6, 6.07) is 4.26. The van der Waals surface area contributed by atoms with Crippen molar-refractivity contribution in [2.24, 2.45) is 10.7 Å². The predicted molar refractivity (Wildman–Crippen MR) is 159 cm³/mol. The number of hydrogen-bond acceptors (Lipinski definition) is 12. The van der Waals surface area contributed by atoms with Crippen LogP contribution in [0.5, 0.6) is 11.5 Å². The number of para-hydroxylation sites is 2. The van der Waals surface area contributed by atoms with Gasteiger partial charge in [0.25, 0.3) is 0 Å². The predicted octanol–water partition coefficient (Wildman–Crippen LogP) is 2.41. The summed E-state index contributed by atoms with van der Waals surface area (Å²) in [5.74, 6) is -7.04. The summed E-state index contributed by atoms with van der Waals surface area (Å²) in [6.07, 6.45) is -6.39. The maximum absolute atomic E-state index is 15.2. The summed E-state index contributed by atoms with van der Waals surface area (Å²) in [5, 5.41) is 24.1. The lowest BCUT2D eigenvalue weighted by Crippen LogP contribution is -2.48. The lowest BCUT2D eigenvalue weighted by atomic mass is 10.0. The van der Waals surface area contributed by atoms with Crippen LogP contribution in [0.4, 0.5) is 19.4 Å². The van der Waals surface area contributed by atoms with Crippen LogP contribution in [0.1, 0.15) is 47.8 Å². The number of carbonyl (C=O) groups is 3. The standard InChI is InChI=1S/C28H36F2N5O11P/c1-14(2)20(33-26(41)45-27(4,5)6)22(37)31-19-11-12-35(25(40)32-19)24-28(29,30)21(36)18(44-24)13-43-16-9-7-8-10-17(16)46-47(42)34-15(3)23(38)39/h7-12,14-15,18,20-21,24,36H,13H2,1-6H3,(H,33,41)(H,38,39)(H,31,32,37,40)/t15-,18+,20+,21+,24+/m0/s1. The Bertz CT molecular complexity index is 1550. The van der Waals surface area contributed by atoms with E-state index in [1.165, 1.54) is 31.2 Å². The second-order valence-corrected chi connectivity index (χ2v) is 12.6. The molecule has 0 saturated carbocycles. The van der Waals surface area contributed by atoms with Crippen LogP contribution >= 0.6 is 8.17 Å². The minimum atomic E-state index is -4.00. The number of amides is 2. The van der Waals surface area contributed by atoms with Gasteiger partial charge >= 0.3 is 31.8 Å². The van der Waals surface area contributed by atoms with Crippen molar-refractivity contribution >= 4 is 32.0 Å². The molecule has 1 fully saturated rings. The highest BCUT2D eigenvalue weighted by molar-refractivity contribution is 7.34. The number of aliphatic carboxylic acids is 1. The van der Waals surface area contributed by atoms with Gasteiger partial charge in [-0.3, -0.25) is 13.9 Å². The van der Waals surface area contributed by atoms with Crippen molar-refractivity contribution in [2.75, 3.05) is 11.9 Å². The van der Waals surface area contributed by atoms with Crippen molar-refractivity contribution in [3.8, 4) is 11.5 Å². The largest absolute Gasteiger partial charge is 0.575 e. The molecule has 1 aromatic carbocycles. The number of nitrogens with one attached hydrogen (secondary N) is 2. The molecule has 258 valence electrons. The van der Waals surface area contributed by atoms with E-state index in [-0.39, 0.29) is 17.3 Å². The van der Waals surface area contributed by atoms with E-state index in [0.29, 0.717) is 4.57 Å². The number of alkyl carbamates (subject to hydrolysis) is 1. The van der Waals surface area contributed by atoms with Gasteiger partial charge < -0.3 is 40.0 Å². The van der Waals surface area contributed by atoms with E-state index in [1.54, 1.807) is 34.6 Å². The second kappa shape index (κ2) is 15.1. The van der Waals surface area contributed by atoms with Crippen LogP contribution in [-0.4, -0.2) is 80.2 Å². The molecule has 19 heteroatoms. The highest BCUT2D eigenvalue weighted by Crippen LogP contribution is 2.43. The molecule has 0 radical (unpaired) electrons. The molecule has 4 N–H and O–H groups in total. The Morgan fingerprint density at radius 3 is 2.40 bits per heavy atom. The van der Waals surface area contributed by atoms with Gasteiger partial charge in [-0.2, -0.15) is 13.8 Å². The molecule has 16 nitrogen and oxygen atoms in total. The molecule has 6 atom stereocenters. The van der Waals surface area contributed by atoms with Gasteiger partial charge in [0, 0.05) is 6.20 Å². The smallest absolute Gasteiger partial charge is 0.408 e. The quantitative estimate of drug-likeness (QED) is 0.236. The Kier molecular flexibility index (Phi) is 12.0.